The third kappa shape index (κ3) is 5.43. The SMILES string of the molecule is CC(=O)N(CCCC[Se]c1ccccc1)C1=CC(=O)CCC1. The van der Waals surface area contributed by atoms with Gasteiger partial charge in [-0.15, -0.1) is 0 Å². The maximum absolute atomic E-state index is 11.8. The normalized spacial score (nSPS) is 14.6. The van der Waals surface area contributed by atoms with Crippen molar-refractivity contribution in [3.8, 4) is 0 Å². The zero-order chi connectivity index (χ0) is 15.8. The molecule has 0 saturated heterocycles. The fraction of sp³-hybridized carbons (Fsp3) is 0.444. The van der Waals surface area contributed by atoms with Crippen LogP contribution in [0, 0.1) is 0 Å². The molecule has 0 spiro atoms. The molecule has 0 atom stereocenters. The Labute approximate surface area is 138 Å². The van der Waals surface area contributed by atoms with Gasteiger partial charge in [0.05, 0.1) is 0 Å². The second-order valence-electron chi connectivity index (χ2n) is 5.49. The standard InChI is InChI=1S/C18H23NO2Se/c1-15(20)19(16-8-7-9-17(21)14-16)12-5-6-13-22-18-10-3-2-4-11-18/h2-4,10-11,14H,5-9,12-13H2,1H3. The number of nitrogens with zero attached hydrogens (tertiary/aromatic N) is 1. The van der Waals surface area contributed by atoms with Gasteiger partial charge in [-0.25, -0.2) is 0 Å². The molecule has 22 heavy (non-hydrogen) atoms. The fourth-order valence-corrected chi connectivity index (χ4v) is 4.53. The first kappa shape index (κ1) is 17.0. The Kier molecular flexibility index (Phi) is 6.88. The summed E-state index contributed by atoms with van der Waals surface area (Å²) in [7, 11) is 0. The number of carbonyl (C=O) groups excluding carboxylic acids is 2. The molecule has 4 heteroatoms. The number of hydrogen-bond acceptors (Lipinski definition) is 2. The van der Waals surface area contributed by atoms with Gasteiger partial charge in [0.25, 0.3) is 0 Å². The molecule has 0 radical (unpaired) electrons. The van der Waals surface area contributed by atoms with E-state index in [4.69, 9.17) is 0 Å². The molecule has 3 nitrogen and oxygen atoms in total. The van der Waals surface area contributed by atoms with E-state index in [-0.39, 0.29) is 11.7 Å². The van der Waals surface area contributed by atoms with Gasteiger partial charge in [-0.05, 0) is 0 Å². The van der Waals surface area contributed by atoms with Crippen molar-refractivity contribution in [2.24, 2.45) is 0 Å². The molecule has 0 fully saturated rings. The van der Waals surface area contributed by atoms with Crippen LogP contribution in [0.15, 0.2) is 42.1 Å². The molecule has 118 valence electrons. The molecule has 0 bridgehead atoms. The van der Waals surface area contributed by atoms with E-state index in [2.05, 4.69) is 24.3 Å². The Hall–Kier alpha value is -1.38. The van der Waals surface area contributed by atoms with E-state index in [1.54, 1.807) is 17.9 Å². The number of unbranched alkanes of at least 4 members (excludes halogenated alkanes) is 1. The van der Waals surface area contributed by atoms with E-state index in [1.807, 2.05) is 6.07 Å². The predicted octanol–water partition coefficient (Wildman–Crippen LogP) is 2.70. The van der Waals surface area contributed by atoms with Crippen molar-refractivity contribution in [3.05, 3.63) is 42.1 Å². The Morgan fingerprint density at radius 3 is 2.64 bits per heavy atom. The van der Waals surface area contributed by atoms with E-state index in [1.165, 1.54) is 9.78 Å². The molecule has 0 aliphatic heterocycles. The number of ketones is 1. The number of hydrogen-bond donors (Lipinski definition) is 0. The molecule has 0 saturated carbocycles. The van der Waals surface area contributed by atoms with Gasteiger partial charge < -0.3 is 0 Å². The topological polar surface area (TPSA) is 37.4 Å². The van der Waals surface area contributed by atoms with Crippen LogP contribution in [0.5, 0.6) is 0 Å². The Morgan fingerprint density at radius 1 is 1.18 bits per heavy atom. The van der Waals surface area contributed by atoms with Gasteiger partial charge in [0.1, 0.15) is 0 Å². The summed E-state index contributed by atoms with van der Waals surface area (Å²) < 4.78 is 1.43. The Bertz CT molecular complexity index is 539. The molecule has 1 aromatic rings. The molecule has 1 aliphatic carbocycles. The van der Waals surface area contributed by atoms with Crippen LogP contribution in [0.3, 0.4) is 0 Å². The summed E-state index contributed by atoms with van der Waals surface area (Å²) in [5.74, 6) is 0.203. The zero-order valence-electron chi connectivity index (χ0n) is 13.1. The fourth-order valence-electron chi connectivity index (χ4n) is 2.57. The summed E-state index contributed by atoms with van der Waals surface area (Å²) in [4.78, 5) is 25.1. The molecule has 0 unspecified atom stereocenters. The first-order chi connectivity index (χ1) is 10.7. The van der Waals surface area contributed by atoms with Crippen molar-refractivity contribution in [3.63, 3.8) is 0 Å². The van der Waals surface area contributed by atoms with Crippen molar-refractivity contribution >= 4 is 31.1 Å². The van der Waals surface area contributed by atoms with Crippen LogP contribution in [-0.4, -0.2) is 38.1 Å². The van der Waals surface area contributed by atoms with Crippen molar-refractivity contribution in [1.29, 1.82) is 0 Å². The second-order valence-corrected chi connectivity index (χ2v) is 7.95. The van der Waals surface area contributed by atoms with E-state index in [0.29, 0.717) is 21.4 Å². The van der Waals surface area contributed by atoms with Gasteiger partial charge in [-0.3, -0.25) is 0 Å². The van der Waals surface area contributed by atoms with Crippen LogP contribution in [0.25, 0.3) is 0 Å². The van der Waals surface area contributed by atoms with Crippen LogP contribution in [-0.2, 0) is 9.59 Å². The molecule has 1 aliphatic rings. The van der Waals surface area contributed by atoms with Crippen molar-refractivity contribution in [2.75, 3.05) is 6.54 Å². The third-order valence-corrected chi connectivity index (χ3v) is 6.00. The molecule has 0 N–H and O–H groups in total. The van der Waals surface area contributed by atoms with Crippen LogP contribution < -0.4 is 4.46 Å². The molecular weight excluding hydrogens is 341 g/mol. The average Bonchev–Trinajstić information content (AvgIpc) is 2.51. The summed E-state index contributed by atoms with van der Waals surface area (Å²) in [5.41, 5.74) is 0.914. The van der Waals surface area contributed by atoms with Crippen molar-refractivity contribution in [2.45, 2.75) is 44.3 Å². The molecule has 1 amide bonds. The summed E-state index contributed by atoms with van der Waals surface area (Å²) in [6.45, 7) is 2.33. The first-order valence-electron chi connectivity index (χ1n) is 7.86. The van der Waals surface area contributed by atoms with Gasteiger partial charge >= 0.3 is 139 Å². The summed E-state index contributed by atoms with van der Waals surface area (Å²) in [6.07, 6.45) is 6.12. The van der Waals surface area contributed by atoms with Crippen molar-refractivity contribution < 1.29 is 9.59 Å². The zero-order valence-corrected chi connectivity index (χ0v) is 14.8. The number of amides is 1. The maximum atomic E-state index is 11.8. The van der Waals surface area contributed by atoms with Crippen LogP contribution >= 0.6 is 0 Å². The average molecular weight is 364 g/mol. The number of benzene rings is 1. The van der Waals surface area contributed by atoms with Gasteiger partial charge in [0.2, 0.25) is 0 Å². The van der Waals surface area contributed by atoms with E-state index >= 15 is 0 Å². The predicted molar refractivity (Wildman–Crippen MR) is 90.2 cm³/mol. The molecular formula is C18H23NO2Se. The van der Waals surface area contributed by atoms with E-state index in [0.717, 1.165) is 37.9 Å². The summed E-state index contributed by atoms with van der Waals surface area (Å²) >= 11 is 0.516. The monoisotopic (exact) mass is 365 g/mol. The summed E-state index contributed by atoms with van der Waals surface area (Å²) in [6, 6.07) is 10.6. The molecule has 1 aromatic carbocycles. The quantitative estimate of drug-likeness (QED) is 0.551. The molecule has 0 heterocycles. The van der Waals surface area contributed by atoms with Gasteiger partial charge in [0.15, 0.2) is 0 Å². The van der Waals surface area contributed by atoms with Gasteiger partial charge in [0, 0.05) is 0 Å². The number of carbonyl (C=O) groups is 2. The molecule has 0 aromatic heterocycles. The minimum atomic E-state index is 0.0505. The Morgan fingerprint density at radius 2 is 1.95 bits per heavy atom. The third-order valence-electron chi connectivity index (χ3n) is 3.70. The second kappa shape index (κ2) is 8.92. The summed E-state index contributed by atoms with van der Waals surface area (Å²) in [5, 5.41) is 1.20. The number of rotatable bonds is 7. The van der Waals surface area contributed by atoms with Crippen LogP contribution in [0.1, 0.15) is 39.0 Å². The van der Waals surface area contributed by atoms with E-state index in [9.17, 15) is 9.59 Å². The number of allylic oxidation sites excluding steroid dienone is 2. The minimum absolute atomic E-state index is 0.0505. The van der Waals surface area contributed by atoms with E-state index < -0.39 is 0 Å². The first-order valence-corrected chi connectivity index (χ1v) is 9.93. The van der Waals surface area contributed by atoms with Crippen LogP contribution in [0.2, 0.25) is 5.32 Å². The Balaban J connectivity index is 1.75. The van der Waals surface area contributed by atoms with Crippen LogP contribution in [0.4, 0.5) is 0 Å². The molecule has 2 rings (SSSR count). The van der Waals surface area contributed by atoms with Gasteiger partial charge in [-0.2, -0.15) is 0 Å². The van der Waals surface area contributed by atoms with Crippen molar-refractivity contribution in [1.82, 2.24) is 4.90 Å². The van der Waals surface area contributed by atoms with Gasteiger partial charge in [-0.1, -0.05) is 0 Å².